The Morgan fingerprint density at radius 2 is 2.13 bits per heavy atom. The molecule has 0 aliphatic carbocycles. The highest BCUT2D eigenvalue weighted by Gasteiger charge is 2.55. The summed E-state index contributed by atoms with van der Waals surface area (Å²) in [6.07, 6.45) is -2.25. The van der Waals surface area contributed by atoms with Crippen LogP contribution in [0.25, 0.3) is 11.2 Å². The molecule has 1 unspecified atom stereocenters. The topological polar surface area (TPSA) is 117 Å². The van der Waals surface area contributed by atoms with Crippen LogP contribution in [0.2, 0.25) is 0 Å². The molecule has 0 aromatic carbocycles. The summed E-state index contributed by atoms with van der Waals surface area (Å²) in [4.78, 5) is 12.7. The molecular weight excluding hydrogens is 307 g/mol. The van der Waals surface area contributed by atoms with Crippen molar-refractivity contribution >= 4 is 22.9 Å². The maximum atomic E-state index is 15.0. The minimum atomic E-state index is -2.11. The molecule has 1 fully saturated rings. The normalized spacial score (nSPS) is 30.8. The molecule has 1 saturated heterocycles. The lowest BCUT2D eigenvalue weighted by atomic mass is 9.98. The minimum absolute atomic E-state index is 0.335. The molecule has 3 heterocycles. The second kappa shape index (κ2) is 5.55. The first-order valence-corrected chi connectivity index (χ1v) is 7.17. The number of imidazole rings is 1. The van der Waals surface area contributed by atoms with Gasteiger partial charge in [0.25, 0.3) is 0 Å². The van der Waals surface area contributed by atoms with Gasteiger partial charge < -0.3 is 25.6 Å². The number of nitrogens with zero attached hydrogens (tertiary/aromatic N) is 4. The zero-order valence-electron chi connectivity index (χ0n) is 13.0. The van der Waals surface area contributed by atoms with E-state index in [9.17, 15) is 14.6 Å². The molecule has 0 radical (unpaired) electrons. The van der Waals surface area contributed by atoms with E-state index >= 15 is 0 Å². The highest BCUT2D eigenvalue weighted by atomic mass is 19.1. The Morgan fingerprint density at radius 3 is 2.70 bits per heavy atom. The van der Waals surface area contributed by atoms with E-state index in [1.165, 1.54) is 17.8 Å². The van der Waals surface area contributed by atoms with E-state index in [0.29, 0.717) is 22.9 Å². The first-order valence-electron chi connectivity index (χ1n) is 7.17. The van der Waals surface area contributed by atoms with Crippen LogP contribution in [-0.4, -0.2) is 68.3 Å². The number of ether oxygens (including phenoxy) is 1. The van der Waals surface area contributed by atoms with Crippen LogP contribution >= 0.6 is 0 Å². The quantitative estimate of drug-likeness (QED) is 0.615. The Morgan fingerprint density at radius 1 is 1.39 bits per heavy atom. The maximum Gasteiger partial charge on any atom is 0.226 e. The zero-order chi connectivity index (χ0) is 16.8. The molecule has 2 aromatic heterocycles. The van der Waals surface area contributed by atoms with Crippen molar-refractivity contribution in [1.82, 2.24) is 19.5 Å². The first-order chi connectivity index (χ1) is 10.9. The van der Waals surface area contributed by atoms with Crippen LogP contribution in [0.1, 0.15) is 13.2 Å². The van der Waals surface area contributed by atoms with Gasteiger partial charge in [0.1, 0.15) is 12.2 Å². The van der Waals surface area contributed by atoms with Gasteiger partial charge in [0.05, 0.1) is 12.9 Å². The second-order valence-electron chi connectivity index (χ2n) is 5.53. The van der Waals surface area contributed by atoms with Crippen molar-refractivity contribution in [3.8, 4) is 0 Å². The summed E-state index contributed by atoms with van der Waals surface area (Å²) in [7, 11) is 3.36. The molecule has 1 aliphatic heterocycles. The van der Waals surface area contributed by atoms with Gasteiger partial charge in [0.15, 0.2) is 28.9 Å². The second-order valence-corrected chi connectivity index (χ2v) is 5.53. The van der Waals surface area contributed by atoms with Gasteiger partial charge in [0, 0.05) is 14.1 Å². The Labute approximate surface area is 131 Å². The lowest BCUT2D eigenvalue weighted by Crippen LogP contribution is -2.40. The van der Waals surface area contributed by atoms with Crippen LogP contribution in [-0.2, 0) is 4.74 Å². The van der Waals surface area contributed by atoms with E-state index in [1.54, 1.807) is 14.1 Å². The lowest BCUT2D eigenvalue weighted by Gasteiger charge is -2.24. The average Bonchev–Trinajstić information content (AvgIpc) is 3.06. The van der Waals surface area contributed by atoms with E-state index in [0.717, 1.165) is 0 Å². The van der Waals surface area contributed by atoms with Gasteiger partial charge >= 0.3 is 0 Å². The fraction of sp³-hybridized carbons (Fsp3) is 0.615. The van der Waals surface area contributed by atoms with Gasteiger partial charge in [0.2, 0.25) is 5.95 Å². The number of hydrogen-bond donors (Lipinski definition) is 4. The fourth-order valence-corrected chi connectivity index (χ4v) is 2.74. The molecule has 0 bridgehead atoms. The number of alkyl halides is 1. The van der Waals surface area contributed by atoms with E-state index < -0.39 is 30.7 Å². The number of hydrogen-bond acceptors (Lipinski definition) is 8. The molecule has 126 valence electrons. The molecule has 2 aromatic rings. The van der Waals surface area contributed by atoms with Gasteiger partial charge in [-0.2, -0.15) is 9.97 Å². The van der Waals surface area contributed by atoms with Gasteiger partial charge in [-0.3, -0.25) is 4.57 Å². The highest BCUT2D eigenvalue weighted by Crippen LogP contribution is 2.42. The standard InChI is InChI=1S/C13H19FN6O3/c1-13(14)8(22)6(4-21)23-11(13)20-5-17-7-9(15-2)18-12(16-3)19-10(7)20/h5-6,8,11,21-22H,4H2,1-3H3,(H2,15,16,18,19)/t6?,8-,11-,13-/m1/s1. The Bertz CT molecular complexity index is 721. The summed E-state index contributed by atoms with van der Waals surface area (Å²) >= 11 is 0. The predicted molar refractivity (Wildman–Crippen MR) is 80.9 cm³/mol. The smallest absolute Gasteiger partial charge is 0.226 e. The third-order valence-corrected chi connectivity index (χ3v) is 4.03. The number of fused-ring (bicyclic) bond motifs is 1. The molecule has 0 spiro atoms. The van der Waals surface area contributed by atoms with E-state index in [-0.39, 0.29) is 0 Å². The lowest BCUT2D eigenvalue weighted by molar-refractivity contribution is -0.0566. The number of rotatable bonds is 4. The molecule has 3 rings (SSSR count). The Kier molecular flexibility index (Phi) is 3.82. The number of halogens is 1. The molecule has 0 saturated carbocycles. The number of aromatic nitrogens is 4. The van der Waals surface area contributed by atoms with Crippen LogP contribution in [0.4, 0.5) is 16.2 Å². The van der Waals surface area contributed by atoms with Crippen LogP contribution in [0.3, 0.4) is 0 Å². The molecule has 4 N–H and O–H groups in total. The largest absolute Gasteiger partial charge is 0.394 e. The zero-order valence-corrected chi connectivity index (χ0v) is 13.0. The molecule has 4 atom stereocenters. The summed E-state index contributed by atoms with van der Waals surface area (Å²) in [5, 5.41) is 25.0. The van der Waals surface area contributed by atoms with Crippen LogP contribution in [0.15, 0.2) is 6.33 Å². The van der Waals surface area contributed by atoms with Crippen molar-refractivity contribution in [3.05, 3.63) is 6.33 Å². The van der Waals surface area contributed by atoms with Crippen molar-refractivity contribution in [2.75, 3.05) is 31.3 Å². The molecule has 9 nitrogen and oxygen atoms in total. The number of aliphatic hydroxyl groups is 2. The number of aliphatic hydroxyl groups excluding tert-OH is 2. The van der Waals surface area contributed by atoms with E-state index in [2.05, 4.69) is 25.6 Å². The molecule has 0 amide bonds. The Balaban J connectivity index is 2.13. The van der Waals surface area contributed by atoms with Gasteiger partial charge in [-0.1, -0.05) is 0 Å². The Hall–Kier alpha value is -2.04. The SMILES string of the molecule is CNc1nc(NC)c2ncn([C@@H]3OC(CO)[C@@H](O)[C@@]3(C)F)c2n1. The van der Waals surface area contributed by atoms with Crippen molar-refractivity contribution in [2.45, 2.75) is 31.0 Å². The van der Waals surface area contributed by atoms with Crippen molar-refractivity contribution in [2.24, 2.45) is 0 Å². The molecule has 23 heavy (non-hydrogen) atoms. The van der Waals surface area contributed by atoms with Crippen molar-refractivity contribution in [3.63, 3.8) is 0 Å². The maximum absolute atomic E-state index is 15.0. The van der Waals surface area contributed by atoms with E-state index in [4.69, 9.17) is 4.74 Å². The van der Waals surface area contributed by atoms with Gasteiger partial charge in [-0.25, -0.2) is 9.37 Å². The average molecular weight is 326 g/mol. The summed E-state index contributed by atoms with van der Waals surface area (Å²) in [5.41, 5.74) is -1.30. The molecular formula is C13H19FN6O3. The van der Waals surface area contributed by atoms with E-state index in [1.807, 2.05) is 0 Å². The third-order valence-electron chi connectivity index (χ3n) is 4.03. The van der Waals surface area contributed by atoms with Gasteiger partial charge in [-0.15, -0.1) is 0 Å². The molecule has 1 aliphatic rings. The minimum Gasteiger partial charge on any atom is -0.394 e. The first kappa shape index (κ1) is 15.8. The third kappa shape index (κ3) is 2.30. The number of anilines is 2. The van der Waals surface area contributed by atoms with Crippen LogP contribution in [0, 0.1) is 0 Å². The highest BCUT2D eigenvalue weighted by molar-refractivity contribution is 5.84. The van der Waals surface area contributed by atoms with Crippen molar-refractivity contribution < 1.29 is 19.3 Å². The predicted octanol–water partition coefficient (Wildman–Crippen LogP) is -0.112. The van der Waals surface area contributed by atoms with Crippen molar-refractivity contribution in [1.29, 1.82) is 0 Å². The van der Waals surface area contributed by atoms with Crippen LogP contribution < -0.4 is 10.6 Å². The molecule has 10 heteroatoms. The summed E-state index contributed by atoms with van der Waals surface area (Å²) in [5.74, 6) is 0.817. The number of nitrogens with one attached hydrogen (secondary N) is 2. The van der Waals surface area contributed by atoms with Crippen LogP contribution in [0.5, 0.6) is 0 Å². The van der Waals surface area contributed by atoms with Gasteiger partial charge in [-0.05, 0) is 6.92 Å². The summed E-state index contributed by atoms with van der Waals surface area (Å²) in [6.45, 7) is 0.741. The summed E-state index contributed by atoms with van der Waals surface area (Å²) < 4.78 is 21.8. The monoisotopic (exact) mass is 326 g/mol. The summed E-state index contributed by atoms with van der Waals surface area (Å²) in [6, 6.07) is 0. The fourth-order valence-electron chi connectivity index (χ4n) is 2.74.